The van der Waals surface area contributed by atoms with Crippen molar-refractivity contribution in [3.05, 3.63) is 35.0 Å². The van der Waals surface area contributed by atoms with Gasteiger partial charge in [-0.05, 0) is 31.2 Å². The van der Waals surface area contributed by atoms with Gasteiger partial charge >= 0.3 is 0 Å². The number of imidazole rings is 1. The highest BCUT2D eigenvalue weighted by atomic mass is 32.1. The van der Waals surface area contributed by atoms with E-state index in [9.17, 15) is 4.79 Å². The molecule has 0 unspecified atom stereocenters. The molecule has 124 valence electrons. The van der Waals surface area contributed by atoms with E-state index in [1.165, 1.54) is 11.3 Å². The van der Waals surface area contributed by atoms with Crippen molar-refractivity contribution in [1.29, 1.82) is 0 Å². The Balaban J connectivity index is 1.63. The van der Waals surface area contributed by atoms with Crippen LogP contribution in [0.2, 0.25) is 0 Å². The molecular formula is C17H19N5OS. The number of rotatable bonds is 5. The number of nitrogens with zero attached hydrogens (tertiary/aromatic N) is 5. The Morgan fingerprint density at radius 3 is 3.08 bits per heavy atom. The highest BCUT2D eigenvalue weighted by Gasteiger charge is 2.30. The molecule has 1 saturated heterocycles. The van der Waals surface area contributed by atoms with Crippen LogP contribution in [-0.2, 0) is 6.54 Å². The molecule has 0 radical (unpaired) electrons. The molecule has 4 rings (SSSR count). The molecule has 0 spiro atoms. The Morgan fingerprint density at radius 1 is 1.38 bits per heavy atom. The average Bonchev–Trinajstić information content (AvgIpc) is 3.34. The highest BCUT2D eigenvalue weighted by Crippen LogP contribution is 2.31. The second-order valence-electron chi connectivity index (χ2n) is 5.99. The van der Waals surface area contributed by atoms with Crippen molar-refractivity contribution in [3.8, 4) is 0 Å². The van der Waals surface area contributed by atoms with Gasteiger partial charge in [-0.3, -0.25) is 4.79 Å². The number of carbonyl (C=O) groups excluding carboxylic acids is 1. The van der Waals surface area contributed by atoms with Crippen LogP contribution in [0.15, 0.2) is 30.2 Å². The van der Waals surface area contributed by atoms with Gasteiger partial charge in [-0.25, -0.2) is 15.0 Å². The zero-order valence-electron chi connectivity index (χ0n) is 13.6. The predicted octanol–water partition coefficient (Wildman–Crippen LogP) is 3.15. The third-order valence-corrected chi connectivity index (χ3v) is 5.50. The fraction of sp³-hybridized carbons (Fsp3) is 0.412. The van der Waals surface area contributed by atoms with Crippen molar-refractivity contribution in [2.45, 2.75) is 38.8 Å². The largest absolute Gasteiger partial charge is 0.351 e. The molecule has 6 nitrogen and oxygen atoms in total. The number of Topliss-reactive ketones (excluding diaryl/α,β-unsaturated/α-hetero) is 1. The van der Waals surface area contributed by atoms with Crippen molar-refractivity contribution in [2.24, 2.45) is 0 Å². The van der Waals surface area contributed by atoms with E-state index in [-0.39, 0.29) is 11.8 Å². The lowest BCUT2D eigenvalue weighted by Crippen LogP contribution is -2.32. The summed E-state index contributed by atoms with van der Waals surface area (Å²) in [5.41, 5.74) is 1.69. The van der Waals surface area contributed by atoms with Crippen molar-refractivity contribution >= 4 is 34.1 Å². The lowest BCUT2D eigenvalue weighted by molar-refractivity contribution is 0.0978. The summed E-state index contributed by atoms with van der Waals surface area (Å²) < 4.78 is 2.02. The summed E-state index contributed by atoms with van der Waals surface area (Å²) in [5, 5.41) is 1.95. The SMILES string of the molecule is CCn1cnc2c(N3CCC[C@@H]3CC(=O)c3cccs3)ncnc21. The van der Waals surface area contributed by atoms with Crippen LogP contribution in [0.3, 0.4) is 0 Å². The van der Waals surface area contributed by atoms with E-state index >= 15 is 0 Å². The molecule has 0 bridgehead atoms. The van der Waals surface area contributed by atoms with E-state index in [2.05, 4.69) is 26.8 Å². The van der Waals surface area contributed by atoms with Gasteiger partial charge < -0.3 is 9.47 Å². The quantitative estimate of drug-likeness (QED) is 0.667. The Labute approximate surface area is 144 Å². The second kappa shape index (κ2) is 6.32. The van der Waals surface area contributed by atoms with Gasteiger partial charge in [0.1, 0.15) is 6.33 Å². The minimum atomic E-state index is 0.185. The van der Waals surface area contributed by atoms with Gasteiger partial charge in [-0.1, -0.05) is 6.07 Å². The molecule has 1 aliphatic rings. The van der Waals surface area contributed by atoms with Gasteiger partial charge in [0, 0.05) is 25.6 Å². The molecule has 1 aliphatic heterocycles. The predicted molar refractivity (Wildman–Crippen MR) is 94.6 cm³/mol. The molecule has 4 heterocycles. The lowest BCUT2D eigenvalue weighted by Gasteiger charge is -2.25. The molecule has 3 aromatic rings. The van der Waals surface area contributed by atoms with Gasteiger partial charge in [-0.15, -0.1) is 11.3 Å². The van der Waals surface area contributed by atoms with E-state index in [0.717, 1.165) is 47.8 Å². The summed E-state index contributed by atoms with van der Waals surface area (Å²) in [5.74, 6) is 1.07. The standard InChI is InChI=1S/C17H19N5OS/c1-2-21-11-20-15-16(21)18-10-19-17(15)22-7-3-5-12(22)9-13(23)14-6-4-8-24-14/h4,6,8,10-12H,2-3,5,7,9H2,1H3/t12-/m1/s1. The van der Waals surface area contributed by atoms with E-state index in [1.54, 1.807) is 6.33 Å². The minimum Gasteiger partial charge on any atom is -0.351 e. The summed E-state index contributed by atoms with van der Waals surface area (Å²) in [6.07, 6.45) is 6.02. The Morgan fingerprint density at radius 2 is 2.29 bits per heavy atom. The summed E-state index contributed by atoms with van der Waals surface area (Å²) in [4.78, 5) is 28.9. The van der Waals surface area contributed by atoms with E-state index in [0.29, 0.717) is 6.42 Å². The van der Waals surface area contributed by atoms with Crippen LogP contribution < -0.4 is 4.90 Å². The third-order valence-electron chi connectivity index (χ3n) is 4.59. The molecule has 0 amide bonds. The van der Waals surface area contributed by atoms with Crippen LogP contribution in [0.1, 0.15) is 35.9 Å². The summed E-state index contributed by atoms with van der Waals surface area (Å²) in [6.45, 7) is 3.81. The zero-order valence-corrected chi connectivity index (χ0v) is 14.4. The average molecular weight is 341 g/mol. The smallest absolute Gasteiger partial charge is 0.174 e. The second-order valence-corrected chi connectivity index (χ2v) is 6.94. The number of carbonyl (C=O) groups is 1. The first-order chi connectivity index (χ1) is 11.8. The zero-order chi connectivity index (χ0) is 16.5. The number of aryl methyl sites for hydroxylation is 1. The van der Waals surface area contributed by atoms with Gasteiger partial charge in [-0.2, -0.15) is 0 Å². The number of aromatic nitrogens is 4. The first kappa shape index (κ1) is 15.3. The van der Waals surface area contributed by atoms with Crippen molar-refractivity contribution in [1.82, 2.24) is 19.5 Å². The number of hydrogen-bond acceptors (Lipinski definition) is 6. The maximum absolute atomic E-state index is 12.5. The number of anilines is 1. The van der Waals surface area contributed by atoms with Crippen molar-refractivity contribution in [3.63, 3.8) is 0 Å². The molecule has 0 aromatic carbocycles. The van der Waals surface area contributed by atoms with E-state index in [4.69, 9.17) is 0 Å². The molecule has 0 saturated carbocycles. The first-order valence-electron chi connectivity index (χ1n) is 8.27. The van der Waals surface area contributed by atoms with Crippen LogP contribution in [0.4, 0.5) is 5.82 Å². The fourth-order valence-corrected chi connectivity index (χ4v) is 4.06. The van der Waals surface area contributed by atoms with Crippen LogP contribution in [-0.4, -0.2) is 37.9 Å². The lowest BCUT2D eigenvalue weighted by atomic mass is 10.1. The Hall–Kier alpha value is -2.28. The summed E-state index contributed by atoms with van der Waals surface area (Å²) in [7, 11) is 0. The maximum Gasteiger partial charge on any atom is 0.174 e. The molecule has 24 heavy (non-hydrogen) atoms. The van der Waals surface area contributed by atoms with Crippen LogP contribution in [0.25, 0.3) is 11.2 Å². The summed E-state index contributed by atoms with van der Waals surface area (Å²) >= 11 is 1.51. The van der Waals surface area contributed by atoms with Gasteiger partial charge in [0.05, 0.1) is 11.2 Å². The molecule has 1 atom stereocenters. The highest BCUT2D eigenvalue weighted by molar-refractivity contribution is 7.12. The molecule has 0 aliphatic carbocycles. The van der Waals surface area contributed by atoms with Gasteiger partial charge in [0.25, 0.3) is 0 Å². The van der Waals surface area contributed by atoms with Crippen LogP contribution in [0.5, 0.6) is 0 Å². The number of fused-ring (bicyclic) bond motifs is 1. The van der Waals surface area contributed by atoms with Gasteiger partial charge in [0.2, 0.25) is 0 Å². The van der Waals surface area contributed by atoms with E-state index in [1.807, 2.05) is 28.4 Å². The van der Waals surface area contributed by atoms with Crippen LogP contribution >= 0.6 is 11.3 Å². The van der Waals surface area contributed by atoms with Crippen molar-refractivity contribution in [2.75, 3.05) is 11.4 Å². The van der Waals surface area contributed by atoms with Gasteiger partial charge in [0.15, 0.2) is 22.8 Å². The molecule has 7 heteroatoms. The monoisotopic (exact) mass is 341 g/mol. The minimum absolute atomic E-state index is 0.185. The third kappa shape index (κ3) is 2.58. The number of ketones is 1. The maximum atomic E-state index is 12.5. The number of hydrogen-bond donors (Lipinski definition) is 0. The number of thiophene rings is 1. The van der Waals surface area contributed by atoms with E-state index < -0.39 is 0 Å². The normalized spacial score (nSPS) is 17.7. The molecular weight excluding hydrogens is 322 g/mol. The fourth-order valence-electron chi connectivity index (χ4n) is 3.39. The molecule has 0 N–H and O–H groups in total. The molecule has 3 aromatic heterocycles. The van der Waals surface area contributed by atoms with Crippen LogP contribution in [0, 0.1) is 0 Å². The molecule has 1 fully saturated rings. The Kier molecular flexibility index (Phi) is 4.02. The summed E-state index contributed by atoms with van der Waals surface area (Å²) in [6, 6.07) is 4.01. The van der Waals surface area contributed by atoms with Crippen molar-refractivity contribution < 1.29 is 4.79 Å². The topological polar surface area (TPSA) is 63.9 Å². The Bertz CT molecular complexity index is 857. The first-order valence-corrected chi connectivity index (χ1v) is 9.15.